The normalized spacial score (nSPS) is 11.1. The van der Waals surface area contributed by atoms with E-state index in [0.29, 0.717) is 0 Å². The molecule has 5 aromatic heterocycles. The zero-order chi connectivity index (χ0) is 85.4. The molecule has 0 saturated carbocycles. The van der Waals surface area contributed by atoms with Crippen LogP contribution in [0.3, 0.4) is 0 Å². The van der Waals surface area contributed by atoms with E-state index in [1.807, 2.05) is 73.3 Å². The smallest absolute Gasteiger partial charge is 0.305 e. The molecule has 0 fully saturated rings. The summed E-state index contributed by atoms with van der Waals surface area (Å²) in [6.45, 7) is 13.4. The Balaban J connectivity index is 0.00000576. The molecular formula is C120H90Ir2N6. The van der Waals surface area contributed by atoms with Crippen LogP contribution < -0.4 is 0 Å². The molecule has 0 saturated heterocycles. The van der Waals surface area contributed by atoms with Crippen LogP contribution in [-0.4, -0.2) is 29.9 Å². The molecule has 8 heteroatoms. The number of hydrogen-bond donors (Lipinski definition) is 0. The molecule has 0 atom stereocenters. The van der Waals surface area contributed by atoms with E-state index < -0.39 is 0 Å². The van der Waals surface area contributed by atoms with E-state index in [2.05, 4.69) is 363 Å². The van der Waals surface area contributed by atoms with Crippen LogP contribution in [0, 0.1) is 36.4 Å². The van der Waals surface area contributed by atoms with E-state index in [4.69, 9.17) is 29.9 Å². The van der Waals surface area contributed by atoms with Crippen molar-refractivity contribution in [1.82, 2.24) is 29.9 Å². The first kappa shape index (κ1) is 86.2. The van der Waals surface area contributed by atoms with Gasteiger partial charge in [-0.15, -0.1) is 176 Å². The van der Waals surface area contributed by atoms with E-state index in [9.17, 15) is 0 Å². The number of rotatable bonds is 24. The zero-order valence-corrected chi connectivity index (χ0v) is 77.0. The Hall–Kier alpha value is -13.9. The van der Waals surface area contributed by atoms with E-state index in [1.165, 1.54) is 33.4 Å². The van der Waals surface area contributed by atoms with Crippen molar-refractivity contribution in [3.8, 4) is 201 Å². The summed E-state index contributed by atoms with van der Waals surface area (Å²) in [5.74, 6) is 0. The molecule has 5 heterocycles. The van der Waals surface area contributed by atoms with Crippen LogP contribution in [0.5, 0.6) is 0 Å². The van der Waals surface area contributed by atoms with E-state index in [-0.39, 0.29) is 40.2 Å². The summed E-state index contributed by atoms with van der Waals surface area (Å²) in [5.41, 5.74) is 45.2. The van der Waals surface area contributed by atoms with Crippen LogP contribution in [0.4, 0.5) is 0 Å². The maximum atomic E-state index is 5.00. The fourth-order valence-corrected chi connectivity index (χ4v) is 18.1. The maximum absolute atomic E-state index is 5.00. The molecule has 0 unspecified atom stereocenters. The predicted molar refractivity (Wildman–Crippen MR) is 520 cm³/mol. The molecule has 6 nitrogen and oxygen atoms in total. The van der Waals surface area contributed by atoms with Crippen molar-refractivity contribution in [3.63, 3.8) is 0 Å². The maximum Gasteiger partial charge on any atom is 3.00 e. The van der Waals surface area contributed by atoms with Crippen molar-refractivity contribution in [2.24, 2.45) is 0 Å². The van der Waals surface area contributed by atoms with Crippen LogP contribution in [-0.2, 0) is 78.7 Å². The van der Waals surface area contributed by atoms with Gasteiger partial charge in [-0.3, -0.25) is 9.97 Å². The molecule has 14 aromatic carbocycles. The van der Waals surface area contributed by atoms with Crippen molar-refractivity contribution in [3.05, 3.63) is 435 Å². The first-order chi connectivity index (χ1) is 62.2. The molecule has 0 aliphatic carbocycles. The minimum absolute atomic E-state index is 0. The summed E-state index contributed by atoms with van der Waals surface area (Å²) in [6, 6.07) is 143. The number of nitrogens with zero attached hydrogens (tertiary/aromatic N) is 6. The zero-order valence-electron chi connectivity index (χ0n) is 72.2. The Labute approximate surface area is 779 Å². The third-order valence-corrected chi connectivity index (χ3v) is 24.5. The van der Waals surface area contributed by atoms with E-state index in [0.717, 1.165) is 240 Å². The van der Waals surface area contributed by atoms with Crippen LogP contribution >= 0.6 is 0 Å². The second kappa shape index (κ2) is 39.3. The Morgan fingerprint density at radius 1 is 0.172 bits per heavy atom. The monoisotopic (exact) mass is 2000 g/mol. The number of benzene rings is 14. The van der Waals surface area contributed by atoms with Gasteiger partial charge in [0.1, 0.15) is 0 Å². The molecule has 0 aliphatic rings. The van der Waals surface area contributed by atoms with Gasteiger partial charge in [-0.2, -0.15) is 0 Å². The molecule has 19 rings (SSSR count). The molecule has 0 aliphatic heterocycles. The average Bonchev–Trinajstić information content (AvgIpc) is 0.761. The summed E-state index contributed by atoms with van der Waals surface area (Å²) < 4.78 is 0. The number of aromatic nitrogens is 6. The Bertz CT molecular complexity index is 6500. The topological polar surface area (TPSA) is 77.3 Å². The number of aryl methyl sites for hydroxylation is 6. The van der Waals surface area contributed by atoms with Gasteiger partial charge in [0, 0.05) is 24.8 Å². The van der Waals surface area contributed by atoms with Gasteiger partial charge >= 0.3 is 40.2 Å². The molecule has 128 heavy (non-hydrogen) atoms. The first-order valence-electron chi connectivity index (χ1n) is 43.8. The number of hydrogen-bond acceptors (Lipinski definition) is 6. The number of pyridine rings is 4. The minimum Gasteiger partial charge on any atom is -0.305 e. The fourth-order valence-electron chi connectivity index (χ4n) is 18.1. The second-order valence-corrected chi connectivity index (χ2v) is 31.9. The second-order valence-electron chi connectivity index (χ2n) is 31.9. The molecule has 618 valence electrons. The van der Waals surface area contributed by atoms with Gasteiger partial charge in [0.25, 0.3) is 0 Å². The van der Waals surface area contributed by atoms with Crippen molar-refractivity contribution in [2.45, 2.75) is 80.1 Å². The van der Waals surface area contributed by atoms with Gasteiger partial charge in [-0.05, 0) is 200 Å². The summed E-state index contributed by atoms with van der Waals surface area (Å²) in [7, 11) is 0. The van der Waals surface area contributed by atoms with Gasteiger partial charge < -0.3 is 19.9 Å². The standard InChI is InChI=1S/C120H90N6.2Ir/c1-7-79-65-85(115-45-25-29-61-121-115)49-55-103(79)109-39-19-13-33-97(109)91-71-92(98-34-14-20-40-110(98)104-56-50-86(66-80(104)8-2)116-46-26-30-62-122-116)74-95(73-91)101-37-17-23-43-113(101)107-59-53-89(69-83(107)11-5)119-77-120(126-78-125-119)90-54-60-108(84(12-6)70-90)114-44-24-18-38-102(114)96-75-93(99-35-15-21-41-111(99)105-57-51-87(67-81(105)9-3)117-47-27-31-63-123-117)72-94(76-96)100-36-16-22-42-112(100)106-58-52-88(68-82(106)10-4)118-48-28-32-64-124-118;;/h13-48,55-78H,7-12H2,1-6H3;;/q-6;2*+3. The first-order valence-corrected chi connectivity index (χ1v) is 43.8. The summed E-state index contributed by atoms with van der Waals surface area (Å²) in [4.78, 5) is 28.9. The summed E-state index contributed by atoms with van der Waals surface area (Å²) >= 11 is 0. The van der Waals surface area contributed by atoms with Crippen molar-refractivity contribution in [2.75, 3.05) is 0 Å². The summed E-state index contributed by atoms with van der Waals surface area (Å²) in [6.07, 6.45) is 14.0. The Kier molecular flexibility index (Phi) is 26.5. The quantitative estimate of drug-likeness (QED) is 0.0561. The van der Waals surface area contributed by atoms with E-state index in [1.54, 1.807) is 6.33 Å². The van der Waals surface area contributed by atoms with E-state index >= 15 is 0 Å². The predicted octanol–water partition coefficient (Wildman–Crippen LogP) is 30.2. The SMILES string of the molecule is CCc1cc(-c2ccccn2)[c-]cc1-c1ccccc1-c1cc(-c2ccccc2-c2c[c-]c(-c3ccccn3)cc2CC)cc(-c2ccccc2-c2c[c-]c(-c3cc(-c4[c-]cc(-c5ccccc5-c5cc(-c6ccccc6-c6c[c-]c(-c7ccccn7)cc6CC)cc(-c6ccccc6-c6c[c-]c(-c7ccccn7)cc6CC)c5)c(CC)c4)ncn3)cc2CC)c1.[Ir+3].[Ir+3]. The fraction of sp³-hybridized carbons (Fsp3) is 0.100. The average molecular weight is 2000 g/mol. The molecule has 19 aromatic rings. The molecule has 0 radical (unpaired) electrons. The molecule has 0 bridgehead atoms. The third kappa shape index (κ3) is 17.6. The van der Waals surface area contributed by atoms with Gasteiger partial charge in [-0.1, -0.05) is 308 Å². The Morgan fingerprint density at radius 3 is 0.516 bits per heavy atom. The van der Waals surface area contributed by atoms with Gasteiger partial charge in [0.2, 0.25) is 0 Å². The minimum atomic E-state index is 0. The largest absolute Gasteiger partial charge is 3.00 e. The Morgan fingerprint density at radius 2 is 0.344 bits per heavy atom. The van der Waals surface area contributed by atoms with Gasteiger partial charge in [0.15, 0.2) is 0 Å². The van der Waals surface area contributed by atoms with Crippen molar-refractivity contribution >= 4 is 0 Å². The van der Waals surface area contributed by atoms with Gasteiger partial charge in [0.05, 0.1) is 6.33 Å². The molecular weight excluding hydrogens is 1910 g/mol. The van der Waals surface area contributed by atoms with Crippen LogP contribution in [0.2, 0.25) is 0 Å². The van der Waals surface area contributed by atoms with Crippen molar-refractivity contribution < 1.29 is 40.2 Å². The molecule has 0 spiro atoms. The molecule has 0 amide bonds. The van der Waals surface area contributed by atoms with Crippen LogP contribution in [0.25, 0.3) is 201 Å². The summed E-state index contributed by atoms with van der Waals surface area (Å²) in [5, 5.41) is 0. The molecule has 0 N–H and O–H groups in total. The third-order valence-electron chi connectivity index (χ3n) is 24.5. The van der Waals surface area contributed by atoms with Gasteiger partial charge in [-0.25, -0.2) is 0 Å². The van der Waals surface area contributed by atoms with Crippen LogP contribution in [0.15, 0.2) is 365 Å². The van der Waals surface area contributed by atoms with Crippen LogP contribution in [0.1, 0.15) is 74.9 Å². The van der Waals surface area contributed by atoms with Crippen molar-refractivity contribution in [1.29, 1.82) is 0 Å².